The van der Waals surface area contributed by atoms with Gasteiger partial charge >= 0.3 is 11.9 Å². The van der Waals surface area contributed by atoms with E-state index in [1.165, 1.54) is 0 Å². The van der Waals surface area contributed by atoms with Crippen LogP contribution in [0.3, 0.4) is 0 Å². The second-order valence-corrected chi connectivity index (χ2v) is 5.46. The van der Waals surface area contributed by atoms with Crippen LogP contribution in [0.25, 0.3) is 0 Å². The molecule has 0 aliphatic rings. The van der Waals surface area contributed by atoms with Crippen LogP contribution < -0.4 is 0 Å². The van der Waals surface area contributed by atoms with Gasteiger partial charge in [-0.1, -0.05) is 19.9 Å². The van der Waals surface area contributed by atoms with Crippen molar-refractivity contribution in [3.05, 3.63) is 48.0 Å². The highest BCUT2D eigenvalue weighted by molar-refractivity contribution is 5.93. The average molecular weight is 304 g/mol. The van der Waals surface area contributed by atoms with Crippen molar-refractivity contribution in [2.75, 3.05) is 13.2 Å². The molecule has 0 aliphatic carbocycles. The highest BCUT2D eigenvalue weighted by Crippen LogP contribution is 2.09. The monoisotopic (exact) mass is 304 g/mol. The second kappa shape index (κ2) is 9.77. The Hall–Kier alpha value is -2.10. The SMILES string of the molecule is C=CCCOC(=O)c1ccc(C(=O)OCCCC(C)C)cc1. The number of esters is 2. The van der Waals surface area contributed by atoms with Crippen LogP contribution in [0.4, 0.5) is 0 Å². The van der Waals surface area contributed by atoms with E-state index in [0.717, 1.165) is 12.8 Å². The molecular weight excluding hydrogens is 280 g/mol. The molecule has 0 fully saturated rings. The maximum Gasteiger partial charge on any atom is 0.338 e. The zero-order valence-electron chi connectivity index (χ0n) is 13.3. The fraction of sp³-hybridized carbons (Fsp3) is 0.444. The number of ether oxygens (including phenoxy) is 2. The zero-order valence-corrected chi connectivity index (χ0v) is 13.3. The lowest BCUT2D eigenvalue weighted by Crippen LogP contribution is -2.09. The van der Waals surface area contributed by atoms with Crippen molar-refractivity contribution in [2.24, 2.45) is 5.92 Å². The third-order valence-corrected chi connectivity index (χ3v) is 3.07. The van der Waals surface area contributed by atoms with E-state index in [-0.39, 0.29) is 5.97 Å². The Morgan fingerprint density at radius 3 is 2.00 bits per heavy atom. The van der Waals surface area contributed by atoms with Gasteiger partial charge < -0.3 is 9.47 Å². The molecule has 0 aromatic heterocycles. The molecule has 4 heteroatoms. The minimum Gasteiger partial charge on any atom is -0.462 e. The number of hydrogen-bond acceptors (Lipinski definition) is 4. The van der Waals surface area contributed by atoms with Gasteiger partial charge in [-0.3, -0.25) is 0 Å². The lowest BCUT2D eigenvalue weighted by molar-refractivity contribution is 0.0486. The standard InChI is InChI=1S/C18H24O4/c1-4-5-12-21-17(19)15-8-10-16(11-9-15)18(20)22-13-6-7-14(2)3/h4,8-11,14H,1,5-7,12-13H2,2-3H3. The van der Waals surface area contributed by atoms with E-state index >= 15 is 0 Å². The lowest BCUT2D eigenvalue weighted by atomic mass is 10.1. The van der Waals surface area contributed by atoms with Gasteiger partial charge in [-0.25, -0.2) is 9.59 Å². The van der Waals surface area contributed by atoms with E-state index in [1.807, 2.05) is 0 Å². The Balaban J connectivity index is 2.44. The summed E-state index contributed by atoms with van der Waals surface area (Å²) in [4.78, 5) is 23.5. The molecule has 0 atom stereocenters. The van der Waals surface area contributed by atoms with Crippen LogP contribution in [0.2, 0.25) is 0 Å². The maximum atomic E-state index is 11.8. The molecule has 0 N–H and O–H groups in total. The van der Waals surface area contributed by atoms with Crippen LogP contribution in [0, 0.1) is 5.92 Å². The molecule has 0 aliphatic heterocycles. The molecule has 0 amide bonds. The van der Waals surface area contributed by atoms with E-state index in [0.29, 0.717) is 36.7 Å². The van der Waals surface area contributed by atoms with Crippen LogP contribution in [0.5, 0.6) is 0 Å². The summed E-state index contributed by atoms with van der Waals surface area (Å²) in [5, 5.41) is 0. The van der Waals surface area contributed by atoms with Crippen molar-refractivity contribution in [1.29, 1.82) is 0 Å². The van der Waals surface area contributed by atoms with Gasteiger partial charge in [0.25, 0.3) is 0 Å². The number of rotatable bonds is 9. The first-order chi connectivity index (χ1) is 10.5. The van der Waals surface area contributed by atoms with E-state index < -0.39 is 5.97 Å². The molecule has 1 aromatic rings. The molecule has 0 heterocycles. The molecule has 1 rings (SSSR count). The topological polar surface area (TPSA) is 52.6 Å². The van der Waals surface area contributed by atoms with Crippen molar-refractivity contribution >= 4 is 11.9 Å². The Bertz CT molecular complexity index is 488. The van der Waals surface area contributed by atoms with Gasteiger partial charge in [-0.2, -0.15) is 0 Å². The molecule has 120 valence electrons. The molecule has 0 radical (unpaired) electrons. The fourth-order valence-electron chi connectivity index (χ4n) is 1.80. The average Bonchev–Trinajstić information content (AvgIpc) is 2.51. The smallest absolute Gasteiger partial charge is 0.338 e. The van der Waals surface area contributed by atoms with E-state index in [4.69, 9.17) is 9.47 Å². The molecular formula is C18H24O4. The highest BCUT2D eigenvalue weighted by atomic mass is 16.5. The van der Waals surface area contributed by atoms with Crippen molar-refractivity contribution in [2.45, 2.75) is 33.1 Å². The number of carbonyl (C=O) groups is 2. The zero-order chi connectivity index (χ0) is 16.4. The van der Waals surface area contributed by atoms with Gasteiger partial charge in [-0.15, -0.1) is 6.58 Å². The summed E-state index contributed by atoms with van der Waals surface area (Å²) in [6, 6.07) is 6.30. The Labute approximate surface area is 132 Å². The van der Waals surface area contributed by atoms with Gasteiger partial charge in [-0.05, 0) is 49.4 Å². The summed E-state index contributed by atoms with van der Waals surface area (Å²) < 4.78 is 10.2. The van der Waals surface area contributed by atoms with E-state index in [2.05, 4.69) is 20.4 Å². The van der Waals surface area contributed by atoms with Gasteiger partial charge in [0.05, 0.1) is 24.3 Å². The van der Waals surface area contributed by atoms with Crippen molar-refractivity contribution < 1.29 is 19.1 Å². The summed E-state index contributed by atoms with van der Waals surface area (Å²) >= 11 is 0. The molecule has 4 nitrogen and oxygen atoms in total. The molecule has 0 spiro atoms. The molecule has 0 unspecified atom stereocenters. The Morgan fingerprint density at radius 2 is 1.55 bits per heavy atom. The summed E-state index contributed by atoms with van der Waals surface area (Å²) in [6.45, 7) is 8.55. The molecule has 0 saturated heterocycles. The number of hydrogen-bond donors (Lipinski definition) is 0. The summed E-state index contributed by atoms with van der Waals surface area (Å²) in [5.41, 5.74) is 0.854. The van der Waals surface area contributed by atoms with Gasteiger partial charge in [0, 0.05) is 0 Å². The van der Waals surface area contributed by atoms with Gasteiger partial charge in [0.1, 0.15) is 0 Å². The van der Waals surface area contributed by atoms with Crippen LogP contribution >= 0.6 is 0 Å². The molecule has 0 bridgehead atoms. The molecule has 1 aromatic carbocycles. The molecule has 22 heavy (non-hydrogen) atoms. The fourth-order valence-corrected chi connectivity index (χ4v) is 1.80. The largest absolute Gasteiger partial charge is 0.462 e. The first kappa shape index (κ1) is 18.0. The minimum absolute atomic E-state index is 0.308. The first-order valence-corrected chi connectivity index (χ1v) is 7.59. The lowest BCUT2D eigenvalue weighted by Gasteiger charge is -2.07. The van der Waals surface area contributed by atoms with Crippen LogP contribution in [-0.4, -0.2) is 25.2 Å². The van der Waals surface area contributed by atoms with Crippen molar-refractivity contribution in [3.63, 3.8) is 0 Å². The Morgan fingerprint density at radius 1 is 1.05 bits per heavy atom. The highest BCUT2D eigenvalue weighted by Gasteiger charge is 2.10. The third-order valence-electron chi connectivity index (χ3n) is 3.07. The number of carbonyl (C=O) groups excluding carboxylic acids is 2. The second-order valence-electron chi connectivity index (χ2n) is 5.46. The Kier molecular flexibility index (Phi) is 7.97. The number of benzene rings is 1. The van der Waals surface area contributed by atoms with Crippen LogP contribution in [0.15, 0.2) is 36.9 Å². The van der Waals surface area contributed by atoms with Crippen LogP contribution in [-0.2, 0) is 9.47 Å². The third kappa shape index (κ3) is 6.57. The summed E-state index contributed by atoms with van der Waals surface area (Å²) in [7, 11) is 0. The minimum atomic E-state index is -0.404. The van der Waals surface area contributed by atoms with E-state index in [9.17, 15) is 9.59 Å². The summed E-state index contributed by atoms with van der Waals surface area (Å²) in [6.07, 6.45) is 4.19. The first-order valence-electron chi connectivity index (χ1n) is 7.59. The van der Waals surface area contributed by atoms with Crippen LogP contribution in [0.1, 0.15) is 53.8 Å². The quantitative estimate of drug-likeness (QED) is 0.393. The summed E-state index contributed by atoms with van der Waals surface area (Å²) in [5.74, 6) is -0.167. The normalized spacial score (nSPS) is 10.3. The predicted molar refractivity (Wildman–Crippen MR) is 85.9 cm³/mol. The van der Waals surface area contributed by atoms with Gasteiger partial charge in [0.2, 0.25) is 0 Å². The predicted octanol–water partition coefficient (Wildman–Crippen LogP) is 4.01. The molecule has 0 saturated carbocycles. The maximum absolute atomic E-state index is 11.8. The van der Waals surface area contributed by atoms with E-state index in [1.54, 1.807) is 30.3 Å². The van der Waals surface area contributed by atoms with Crippen molar-refractivity contribution in [3.8, 4) is 0 Å². The van der Waals surface area contributed by atoms with Gasteiger partial charge in [0.15, 0.2) is 0 Å². The van der Waals surface area contributed by atoms with Crippen molar-refractivity contribution in [1.82, 2.24) is 0 Å².